The Balaban J connectivity index is 3.22. The fourth-order valence-electron chi connectivity index (χ4n) is 0.904. The quantitative estimate of drug-likeness (QED) is 0.730. The van der Waals surface area contributed by atoms with E-state index in [1.54, 1.807) is 6.07 Å². The molecule has 74 valence electrons. The summed E-state index contributed by atoms with van der Waals surface area (Å²) in [5, 5.41) is 7.81. The summed E-state index contributed by atoms with van der Waals surface area (Å²) in [4.78, 5) is 3.59. The zero-order valence-electron chi connectivity index (χ0n) is 6.77. The Morgan fingerprint density at radius 3 is 2.64 bits per heavy atom. The van der Waals surface area contributed by atoms with Crippen LogP contribution >= 0.6 is 11.6 Å². The summed E-state index contributed by atoms with van der Waals surface area (Å²) in [5.41, 5.74) is -1.01. The standard InChI is InChI=1S/C8H4ClF3N2/c9-7-5(8(10,11)12)2-4-14-6(7)1-3-13/h2,4H,1H2. The maximum absolute atomic E-state index is 12.3. The van der Waals surface area contributed by atoms with E-state index in [0.29, 0.717) is 0 Å². The zero-order chi connectivity index (χ0) is 10.8. The molecule has 0 radical (unpaired) electrons. The highest BCUT2D eigenvalue weighted by atomic mass is 35.5. The van der Waals surface area contributed by atoms with Crippen LogP contribution in [0.3, 0.4) is 0 Å². The van der Waals surface area contributed by atoms with E-state index in [1.165, 1.54) is 0 Å². The summed E-state index contributed by atoms with van der Waals surface area (Å²) in [6.07, 6.45) is -3.76. The number of nitriles is 1. The molecule has 0 N–H and O–H groups in total. The first-order chi connectivity index (χ1) is 6.46. The average Bonchev–Trinajstić information content (AvgIpc) is 2.07. The Morgan fingerprint density at radius 1 is 1.50 bits per heavy atom. The van der Waals surface area contributed by atoms with Gasteiger partial charge in [-0.2, -0.15) is 18.4 Å². The molecular formula is C8H4ClF3N2. The van der Waals surface area contributed by atoms with Crippen LogP contribution in [-0.4, -0.2) is 4.98 Å². The first kappa shape index (κ1) is 10.8. The second-order valence-corrected chi connectivity index (χ2v) is 2.83. The van der Waals surface area contributed by atoms with Gasteiger partial charge >= 0.3 is 6.18 Å². The van der Waals surface area contributed by atoms with E-state index in [9.17, 15) is 13.2 Å². The summed E-state index contributed by atoms with van der Waals surface area (Å²) < 4.78 is 36.8. The summed E-state index contributed by atoms with van der Waals surface area (Å²) >= 11 is 5.44. The van der Waals surface area contributed by atoms with Crippen molar-refractivity contribution in [3.05, 3.63) is 28.5 Å². The lowest BCUT2D eigenvalue weighted by Gasteiger charge is -2.09. The molecule has 0 spiro atoms. The predicted molar refractivity (Wildman–Crippen MR) is 43.6 cm³/mol. The molecule has 0 saturated carbocycles. The maximum atomic E-state index is 12.3. The SMILES string of the molecule is N#CCc1nccc(C(F)(F)F)c1Cl. The average molecular weight is 221 g/mol. The molecular weight excluding hydrogens is 217 g/mol. The third-order valence-electron chi connectivity index (χ3n) is 1.51. The van der Waals surface area contributed by atoms with E-state index in [4.69, 9.17) is 16.9 Å². The van der Waals surface area contributed by atoms with Gasteiger partial charge in [-0.1, -0.05) is 11.6 Å². The third kappa shape index (κ3) is 2.15. The van der Waals surface area contributed by atoms with E-state index in [0.717, 1.165) is 12.3 Å². The molecule has 0 bridgehead atoms. The molecule has 0 amide bonds. The summed E-state index contributed by atoms with van der Waals surface area (Å²) in [6, 6.07) is 2.47. The van der Waals surface area contributed by atoms with E-state index >= 15 is 0 Å². The van der Waals surface area contributed by atoms with Crippen LogP contribution in [0, 0.1) is 11.3 Å². The van der Waals surface area contributed by atoms with E-state index in [1.807, 2.05) is 0 Å². The monoisotopic (exact) mass is 220 g/mol. The Morgan fingerprint density at radius 2 is 2.14 bits per heavy atom. The van der Waals surface area contributed by atoms with Crippen molar-refractivity contribution in [2.45, 2.75) is 12.6 Å². The lowest BCUT2D eigenvalue weighted by molar-refractivity contribution is -0.137. The van der Waals surface area contributed by atoms with Crippen molar-refractivity contribution in [1.82, 2.24) is 4.98 Å². The number of pyridine rings is 1. The highest BCUT2D eigenvalue weighted by Gasteiger charge is 2.34. The van der Waals surface area contributed by atoms with Gasteiger partial charge in [0, 0.05) is 6.20 Å². The first-order valence-corrected chi connectivity index (χ1v) is 3.92. The molecule has 0 saturated heterocycles. The number of nitrogens with zero attached hydrogens (tertiary/aromatic N) is 2. The van der Waals surface area contributed by atoms with E-state index < -0.39 is 16.8 Å². The fraction of sp³-hybridized carbons (Fsp3) is 0.250. The lowest BCUT2D eigenvalue weighted by atomic mass is 10.2. The normalized spacial score (nSPS) is 11.1. The highest BCUT2D eigenvalue weighted by molar-refractivity contribution is 6.32. The van der Waals surface area contributed by atoms with Gasteiger partial charge in [-0.3, -0.25) is 4.98 Å². The molecule has 6 heteroatoms. The van der Waals surface area contributed by atoms with E-state index in [2.05, 4.69) is 4.98 Å². The topological polar surface area (TPSA) is 36.7 Å². The molecule has 1 rings (SSSR count). The van der Waals surface area contributed by atoms with Gasteiger partial charge in [0.25, 0.3) is 0 Å². The van der Waals surface area contributed by atoms with Crippen LogP contribution in [0.5, 0.6) is 0 Å². The van der Waals surface area contributed by atoms with Gasteiger partial charge in [-0.05, 0) is 6.07 Å². The summed E-state index contributed by atoms with van der Waals surface area (Å²) in [5.74, 6) is 0. The van der Waals surface area contributed by atoms with Crippen molar-refractivity contribution in [3.8, 4) is 6.07 Å². The summed E-state index contributed by atoms with van der Waals surface area (Å²) in [7, 11) is 0. The summed E-state index contributed by atoms with van der Waals surface area (Å²) in [6.45, 7) is 0. The molecule has 0 aliphatic carbocycles. The van der Waals surface area contributed by atoms with Crippen molar-refractivity contribution in [2.75, 3.05) is 0 Å². The van der Waals surface area contributed by atoms with Crippen molar-refractivity contribution in [2.24, 2.45) is 0 Å². The first-order valence-electron chi connectivity index (χ1n) is 3.54. The lowest BCUT2D eigenvalue weighted by Crippen LogP contribution is -2.08. The second-order valence-electron chi connectivity index (χ2n) is 2.45. The van der Waals surface area contributed by atoms with Crippen molar-refractivity contribution >= 4 is 11.6 Å². The van der Waals surface area contributed by atoms with Crippen molar-refractivity contribution in [3.63, 3.8) is 0 Å². The van der Waals surface area contributed by atoms with Crippen LogP contribution < -0.4 is 0 Å². The van der Waals surface area contributed by atoms with Crippen LogP contribution in [-0.2, 0) is 12.6 Å². The largest absolute Gasteiger partial charge is 0.417 e. The van der Waals surface area contributed by atoms with Crippen LogP contribution in [0.25, 0.3) is 0 Å². The van der Waals surface area contributed by atoms with Gasteiger partial charge in [0.05, 0.1) is 28.8 Å². The molecule has 2 nitrogen and oxygen atoms in total. The molecule has 14 heavy (non-hydrogen) atoms. The van der Waals surface area contributed by atoms with Gasteiger partial charge in [0.15, 0.2) is 0 Å². The number of hydrogen-bond acceptors (Lipinski definition) is 2. The highest BCUT2D eigenvalue weighted by Crippen LogP contribution is 2.35. The molecule has 0 unspecified atom stereocenters. The Bertz CT molecular complexity index is 381. The van der Waals surface area contributed by atoms with E-state index in [-0.39, 0.29) is 12.1 Å². The number of halogens is 4. The molecule has 1 aromatic rings. The maximum Gasteiger partial charge on any atom is 0.417 e. The number of hydrogen-bond donors (Lipinski definition) is 0. The molecule has 1 heterocycles. The predicted octanol–water partition coefficient (Wildman–Crippen LogP) is 2.82. The van der Waals surface area contributed by atoms with Crippen molar-refractivity contribution < 1.29 is 13.2 Å². The van der Waals surface area contributed by atoms with Crippen molar-refractivity contribution in [1.29, 1.82) is 5.26 Å². The Hall–Kier alpha value is -1.28. The molecule has 1 aromatic heterocycles. The minimum Gasteiger partial charge on any atom is -0.259 e. The van der Waals surface area contributed by atoms with Gasteiger partial charge in [0.1, 0.15) is 0 Å². The van der Waals surface area contributed by atoms with Gasteiger partial charge in [-0.15, -0.1) is 0 Å². The molecule has 0 aromatic carbocycles. The Kier molecular flexibility index (Phi) is 2.96. The molecule has 0 atom stereocenters. The second kappa shape index (κ2) is 3.84. The van der Waals surface area contributed by atoms with Gasteiger partial charge < -0.3 is 0 Å². The zero-order valence-corrected chi connectivity index (χ0v) is 7.52. The molecule has 0 fully saturated rings. The van der Waals surface area contributed by atoms with Gasteiger partial charge in [0.2, 0.25) is 0 Å². The van der Waals surface area contributed by atoms with Crippen LogP contribution in [0.4, 0.5) is 13.2 Å². The minimum atomic E-state index is -4.51. The number of aromatic nitrogens is 1. The number of rotatable bonds is 1. The van der Waals surface area contributed by atoms with Crippen LogP contribution in [0.15, 0.2) is 12.3 Å². The fourth-order valence-corrected chi connectivity index (χ4v) is 1.19. The number of alkyl halides is 3. The molecule has 0 aliphatic heterocycles. The third-order valence-corrected chi connectivity index (χ3v) is 1.94. The van der Waals surface area contributed by atoms with Crippen LogP contribution in [0.2, 0.25) is 5.02 Å². The van der Waals surface area contributed by atoms with Crippen LogP contribution in [0.1, 0.15) is 11.3 Å². The smallest absolute Gasteiger partial charge is 0.259 e. The minimum absolute atomic E-state index is 0.0519. The van der Waals surface area contributed by atoms with Gasteiger partial charge in [-0.25, -0.2) is 0 Å². The Labute approximate surface area is 82.9 Å². The molecule has 0 aliphatic rings.